The van der Waals surface area contributed by atoms with Crippen molar-refractivity contribution in [3.8, 4) is 0 Å². The molecule has 1 aromatic rings. The first-order chi connectivity index (χ1) is 8.61. The lowest BCUT2D eigenvalue weighted by atomic mass is 10.1. The Morgan fingerprint density at radius 3 is 2.89 bits per heavy atom. The summed E-state index contributed by atoms with van der Waals surface area (Å²) in [7, 11) is 1.96. The van der Waals surface area contributed by atoms with Gasteiger partial charge in [0.25, 0.3) is 0 Å². The van der Waals surface area contributed by atoms with Crippen LogP contribution in [-0.2, 0) is 0 Å². The van der Waals surface area contributed by atoms with Gasteiger partial charge in [-0.2, -0.15) is 0 Å². The van der Waals surface area contributed by atoms with E-state index >= 15 is 0 Å². The minimum absolute atomic E-state index is 0.187. The molecule has 1 heterocycles. The second-order valence-electron chi connectivity index (χ2n) is 4.96. The van der Waals surface area contributed by atoms with Gasteiger partial charge in [0, 0.05) is 29.3 Å². The summed E-state index contributed by atoms with van der Waals surface area (Å²) < 4.78 is 1.13. The summed E-state index contributed by atoms with van der Waals surface area (Å²) in [6.07, 6.45) is 1.80. The Hall–Kier alpha value is -0.580. The summed E-state index contributed by atoms with van der Waals surface area (Å²) in [5.74, 6) is 0. The number of nitrogens with zero attached hydrogens (tertiary/aromatic N) is 1. The smallest absolute Gasteiger partial charge is 0.0715 e. The van der Waals surface area contributed by atoms with Crippen molar-refractivity contribution >= 4 is 21.6 Å². The van der Waals surface area contributed by atoms with Gasteiger partial charge in [-0.15, -0.1) is 0 Å². The van der Waals surface area contributed by atoms with Crippen molar-refractivity contribution in [2.24, 2.45) is 0 Å². The largest absolute Gasteiger partial charge is 0.391 e. The number of piperidine rings is 1. The number of hydrogen-bond acceptors (Lipinski definition) is 3. The van der Waals surface area contributed by atoms with E-state index in [-0.39, 0.29) is 6.10 Å². The number of aliphatic hydroxyl groups is 1. The molecule has 0 aromatic heterocycles. The molecule has 2 rings (SSSR count). The zero-order valence-electron chi connectivity index (χ0n) is 11.0. The molecule has 1 aliphatic rings. The maximum absolute atomic E-state index is 9.73. The van der Waals surface area contributed by atoms with Crippen LogP contribution in [0.2, 0.25) is 0 Å². The van der Waals surface area contributed by atoms with Gasteiger partial charge in [0.1, 0.15) is 0 Å². The van der Waals surface area contributed by atoms with Crippen LogP contribution in [0.5, 0.6) is 0 Å². The molecule has 2 N–H and O–H groups in total. The average Bonchev–Trinajstić information content (AvgIpc) is 2.37. The summed E-state index contributed by atoms with van der Waals surface area (Å²) in [6.45, 7) is 3.92. The fourth-order valence-electron chi connectivity index (χ4n) is 2.41. The molecule has 100 valence electrons. The molecule has 1 aliphatic heterocycles. The van der Waals surface area contributed by atoms with Crippen LogP contribution in [0, 0.1) is 0 Å². The molecular weight excluding hydrogens is 292 g/mol. The van der Waals surface area contributed by atoms with Gasteiger partial charge in [-0.3, -0.25) is 0 Å². The second kappa shape index (κ2) is 6.04. The van der Waals surface area contributed by atoms with E-state index in [1.807, 2.05) is 7.05 Å². The molecule has 0 spiro atoms. The molecule has 0 aliphatic carbocycles. The molecule has 3 nitrogen and oxygen atoms in total. The molecule has 0 bridgehead atoms. The fraction of sp³-hybridized carbons (Fsp3) is 0.571. The maximum atomic E-state index is 9.73. The molecule has 1 aromatic carbocycles. The number of halogens is 1. The molecule has 1 fully saturated rings. The molecule has 0 amide bonds. The lowest BCUT2D eigenvalue weighted by molar-refractivity contribution is 0.154. The second-order valence-corrected chi connectivity index (χ2v) is 5.81. The Morgan fingerprint density at radius 1 is 1.50 bits per heavy atom. The van der Waals surface area contributed by atoms with Crippen LogP contribution in [0.1, 0.15) is 31.4 Å². The number of hydrogen-bond donors (Lipinski definition) is 2. The van der Waals surface area contributed by atoms with Crippen LogP contribution in [0.4, 0.5) is 5.69 Å². The van der Waals surface area contributed by atoms with Crippen molar-refractivity contribution in [2.45, 2.75) is 31.9 Å². The molecule has 2 unspecified atom stereocenters. The van der Waals surface area contributed by atoms with Gasteiger partial charge < -0.3 is 15.3 Å². The average molecular weight is 313 g/mol. The molecule has 0 saturated carbocycles. The molecule has 18 heavy (non-hydrogen) atoms. The standard InChI is InChI=1S/C14H21BrN2O/c1-10(16-2)13-6-5-11(8-14(13)15)17-7-3-4-12(18)9-17/h5-6,8,10,12,16,18H,3-4,7,9H2,1-2H3. The molecule has 4 heteroatoms. The normalized spacial score (nSPS) is 22.0. The minimum Gasteiger partial charge on any atom is -0.391 e. The molecular formula is C14H21BrN2O. The highest BCUT2D eigenvalue weighted by molar-refractivity contribution is 9.10. The highest BCUT2D eigenvalue weighted by atomic mass is 79.9. The molecule has 2 atom stereocenters. The maximum Gasteiger partial charge on any atom is 0.0715 e. The van der Waals surface area contributed by atoms with E-state index in [1.54, 1.807) is 0 Å². The quantitative estimate of drug-likeness (QED) is 0.901. The Balaban J connectivity index is 2.17. The van der Waals surface area contributed by atoms with Gasteiger partial charge in [0.15, 0.2) is 0 Å². The van der Waals surface area contributed by atoms with Gasteiger partial charge in [-0.1, -0.05) is 22.0 Å². The number of nitrogens with one attached hydrogen (secondary N) is 1. The number of aliphatic hydroxyl groups excluding tert-OH is 1. The van der Waals surface area contributed by atoms with Crippen molar-refractivity contribution < 1.29 is 5.11 Å². The van der Waals surface area contributed by atoms with E-state index in [0.717, 1.165) is 30.4 Å². The predicted octanol–water partition coefficient (Wildman–Crippen LogP) is 2.69. The van der Waals surface area contributed by atoms with Crippen LogP contribution in [-0.4, -0.2) is 31.3 Å². The van der Waals surface area contributed by atoms with Crippen LogP contribution in [0.15, 0.2) is 22.7 Å². The van der Waals surface area contributed by atoms with Crippen LogP contribution < -0.4 is 10.2 Å². The topological polar surface area (TPSA) is 35.5 Å². The van der Waals surface area contributed by atoms with E-state index in [0.29, 0.717) is 6.04 Å². The first-order valence-electron chi connectivity index (χ1n) is 6.51. The molecule has 0 radical (unpaired) electrons. The SMILES string of the molecule is CNC(C)c1ccc(N2CCCC(O)C2)cc1Br. The lowest BCUT2D eigenvalue weighted by Gasteiger charge is -2.32. The zero-order valence-corrected chi connectivity index (χ0v) is 12.6. The predicted molar refractivity (Wildman–Crippen MR) is 79.1 cm³/mol. The fourth-order valence-corrected chi connectivity index (χ4v) is 3.12. The number of rotatable bonds is 3. The highest BCUT2D eigenvalue weighted by Gasteiger charge is 2.18. The van der Waals surface area contributed by atoms with E-state index in [2.05, 4.69) is 51.3 Å². The van der Waals surface area contributed by atoms with Crippen molar-refractivity contribution in [3.63, 3.8) is 0 Å². The lowest BCUT2D eigenvalue weighted by Crippen LogP contribution is -2.38. The first kappa shape index (κ1) is 13.8. The Labute approximate surface area is 117 Å². The van der Waals surface area contributed by atoms with Crippen LogP contribution >= 0.6 is 15.9 Å². The number of anilines is 1. The third kappa shape index (κ3) is 3.05. The van der Waals surface area contributed by atoms with Crippen molar-refractivity contribution in [2.75, 3.05) is 25.0 Å². The Morgan fingerprint density at radius 2 is 2.28 bits per heavy atom. The summed E-state index contributed by atoms with van der Waals surface area (Å²) >= 11 is 3.64. The van der Waals surface area contributed by atoms with Crippen molar-refractivity contribution in [1.82, 2.24) is 5.32 Å². The summed E-state index contributed by atoms with van der Waals surface area (Å²) in [5.41, 5.74) is 2.45. The van der Waals surface area contributed by atoms with Gasteiger partial charge in [0.05, 0.1) is 6.10 Å². The highest BCUT2D eigenvalue weighted by Crippen LogP contribution is 2.29. The van der Waals surface area contributed by atoms with E-state index in [9.17, 15) is 5.11 Å². The Bertz CT molecular complexity index is 411. The monoisotopic (exact) mass is 312 g/mol. The van der Waals surface area contributed by atoms with E-state index in [4.69, 9.17) is 0 Å². The van der Waals surface area contributed by atoms with Gasteiger partial charge >= 0.3 is 0 Å². The van der Waals surface area contributed by atoms with Gasteiger partial charge in [0.2, 0.25) is 0 Å². The minimum atomic E-state index is -0.187. The van der Waals surface area contributed by atoms with Gasteiger partial charge in [-0.05, 0) is 44.5 Å². The number of benzene rings is 1. The van der Waals surface area contributed by atoms with E-state index in [1.165, 1.54) is 11.3 Å². The summed E-state index contributed by atoms with van der Waals surface area (Å²) in [5, 5.41) is 13.0. The third-order valence-electron chi connectivity index (χ3n) is 3.65. The van der Waals surface area contributed by atoms with Gasteiger partial charge in [-0.25, -0.2) is 0 Å². The van der Waals surface area contributed by atoms with Crippen molar-refractivity contribution in [1.29, 1.82) is 0 Å². The third-order valence-corrected chi connectivity index (χ3v) is 4.33. The van der Waals surface area contributed by atoms with Crippen LogP contribution in [0.3, 0.4) is 0 Å². The number of β-amino-alcohol motifs (C(OH)–C–C–N with tert-alkyl or cyclic N) is 1. The van der Waals surface area contributed by atoms with Crippen LogP contribution in [0.25, 0.3) is 0 Å². The molecule has 1 saturated heterocycles. The zero-order chi connectivity index (χ0) is 13.1. The summed E-state index contributed by atoms with van der Waals surface area (Å²) in [4.78, 5) is 2.26. The Kier molecular flexibility index (Phi) is 4.65. The summed E-state index contributed by atoms with van der Waals surface area (Å²) in [6, 6.07) is 6.79. The first-order valence-corrected chi connectivity index (χ1v) is 7.31. The van der Waals surface area contributed by atoms with E-state index < -0.39 is 0 Å². The van der Waals surface area contributed by atoms with Crippen molar-refractivity contribution in [3.05, 3.63) is 28.2 Å².